The van der Waals surface area contributed by atoms with Crippen LogP contribution in [0.25, 0.3) is 0 Å². The van der Waals surface area contributed by atoms with E-state index in [2.05, 4.69) is 0 Å². The first kappa shape index (κ1) is 7.53. The fraction of sp³-hybridized carbons (Fsp3) is 0.143. The molecule has 1 aliphatic rings. The van der Waals surface area contributed by atoms with Gasteiger partial charge in [-0.05, 0) is 6.08 Å². The number of hydrogen-bond donors (Lipinski definition) is 1. The van der Waals surface area contributed by atoms with Crippen molar-refractivity contribution >= 4 is 0 Å². The number of hydrogen-bond acceptors (Lipinski definition) is 3. The van der Waals surface area contributed by atoms with Gasteiger partial charge < -0.3 is 5.11 Å². The molecular formula is C7H7NO3. The van der Waals surface area contributed by atoms with Crippen LogP contribution in [0.3, 0.4) is 0 Å². The van der Waals surface area contributed by atoms with E-state index in [-0.39, 0.29) is 11.5 Å². The van der Waals surface area contributed by atoms with Gasteiger partial charge in [0.2, 0.25) is 0 Å². The zero-order chi connectivity index (χ0) is 8.27. The molecular weight excluding hydrogens is 146 g/mol. The molecule has 0 saturated carbocycles. The minimum Gasteiger partial charge on any atom is -0.512 e. The lowest BCUT2D eigenvalue weighted by atomic mass is 10.3. The summed E-state index contributed by atoms with van der Waals surface area (Å²) in [6.07, 6.45) is 5.89. The molecule has 58 valence electrons. The molecule has 0 spiro atoms. The monoisotopic (exact) mass is 153 g/mol. The molecule has 1 N–H and O–H groups in total. The maximum Gasteiger partial charge on any atom is 0.269 e. The highest BCUT2D eigenvalue weighted by Gasteiger charge is 2.06. The minimum atomic E-state index is -0.494. The average molecular weight is 153 g/mol. The molecule has 11 heavy (non-hydrogen) atoms. The summed E-state index contributed by atoms with van der Waals surface area (Å²) in [7, 11) is 0. The van der Waals surface area contributed by atoms with Gasteiger partial charge in [0.25, 0.3) is 5.70 Å². The molecule has 1 rings (SSSR count). The number of aliphatic hydroxyl groups is 1. The van der Waals surface area contributed by atoms with E-state index in [1.165, 1.54) is 18.2 Å². The molecule has 0 amide bonds. The Morgan fingerprint density at radius 3 is 2.91 bits per heavy atom. The van der Waals surface area contributed by atoms with E-state index < -0.39 is 4.92 Å². The fourth-order valence-electron chi connectivity index (χ4n) is 0.727. The molecule has 0 atom stereocenters. The van der Waals surface area contributed by atoms with E-state index in [1.54, 1.807) is 6.08 Å². The molecule has 0 radical (unpaired) electrons. The van der Waals surface area contributed by atoms with Gasteiger partial charge in [-0.1, -0.05) is 6.08 Å². The van der Waals surface area contributed by atoms with Crippen molar-refractivity contribution in [2.24, 2.45) is 0 Å². The van der Waals surface area contributed by atoms with Crippen LogP contribution in [0.4, 0.5) is 0 Å². The Morgan fingerprint density at radius 1 is 1.55 bits per heavy atom. The molecule has 0 aliphatic heterocycles. The van der Waals surface area contributed by atoms with Crippen LogP contribution in [0.15, 0.2) is 35.8 Å². The molecule has 0 unspecified atom stereocenters. The Kier molecular flexibility index (Phi) is 2.06. The van der Waals surface area contributed by atoms with Gasteiger partial charge in [-0.2, -0.15) is 0 Å². The summed E-state index contributed by atoms with van der Waals surface area (Å²) >= 11 is 0. The van der Waals surface area contributed by atoms with E-state index in [0.29, 0.717) is 6.42 Å². The van der Waals surface area contributed by atoms with Gasteiger partial charge in [-0.15, -0.1) is 0 Å². The molecule has 0 heterocycles. The average Bonchev–Trinajstić information content (AvgIpc) is 2.13. The Bertz CT molecular complexity index is 263. The number of rotatable bonds is 1. The Morgan fingerprint density at radius 2 is 2.27 bits per heavy atom. The van der Waals surface area contributed by atoms with Crippen LogP contribution in [0.1, 0.15) is 6.42 Å². The highest BCUT2D eigenvalue weighted by Crippen LogP contribution is 2.08. The third kappa shape index (κ3) is 1.93. The lowest BCUT2D eigenvalue weighted by Crippen LogP contribution is -1.93. The molecule has 0 saturated heterocycles. The highest BCUT2D eigenvalue weighted by molar-refractivity contribution is 5.23. The largest absolute Gasteiger partial charge is 0.512 e. The van der Waals surface area contributed by atoms with Gasteiger partial charge in [0.05, 0.1) is 10.7 Å². The molecule has 0 bridgehead atoms. The lowest BCUT2D eigenvalue weighted by molar-refractivity contribution is -0.419. The summed E-state index contributed by atoms with van der Waals surface area (Å²) < 4.78 is 0. The molecule has 4 nitrogen and oxygen atoms in total. The van der Waals surface area contributed by atoms with Crippen LogP contribution in [0.5, 0.6) is 0 Å². The predicted molar refractivity (Wildman–Crippen MR) is 39.5 cm³/mol. The first-order valence-electron chi connectivity index (χ1n) is 3.11. The Hall–Kier alpha value is -1.58. The van der Waals surface area contributed by atoms with Crippen molar-refractivity contribution in [2.45, 2.75) is 6.42 Å². The van der Waals surface area contributed by atoms with E-state index in [0.717, 1.165) is 0 Å². The van der Waals surface area contributed by atoms with Crippen molar-refractivity contribution in [1.82, 2.24) is 0 Å². The standard InChI is InChI=1S/C7H7NO3/c9-7-3-1-2-6(4-5-7)8(10)11/h1-2,4-5,9H,3H2. The first-order chi connectivity index (χ1) is 5.20. The van der Waals surface area contributed by atoms with Gasteiger partial charge >= 0.3 is 0 Å². The number of nitro groups is 1. The van der Waals surface area contributed by atoms with Crippen LogP contribution in [-0.4, -0.2) is 10.0 Å². The zero-order valence-corrected chi connectivity index (χ0v) is 5.73. The summed E-state index contributed by atoms with van der Waals surface area (Å²) in [4.78, 5) is 9.69. The molecule has 4 heteroatoms. The van der Waals surface area contributed by atoms with Gasteiger partial charge in [0, 0.05) is 18.6 Å². The lowest BCUT2D eigenvalue weighted by Gasteiger charge is -1.85. The third-order valence-corrected chi connectivity index (χ3v) is 1.27. The van der Waals surface area contributed by atoms with Crippen molar-refractivity contribution in [2.75, 3.05) is 0 Å². The van der Waals surface area contributed by atoms with E-state index in [9.17, 15) is 10.1 Å². The van der Waals surface area contributed by atoms with Gasteiger partial charge in [-0.25, -0.2) is 0 Å². The van der Waals surface area contributed by atoms with Crippen molar-refractivity contribution in [3.8, 4) is 0 Å². The predicted octanol–water partition coefficient (Wildman–Crippen LogP) is 1.55. The molecule has 0 aromatic rings. The summed E-state index contributed by atoms with van der Waals surface area (Å²) in [5.41, 5.74) is -0.00551. The third-order valence-electron chi connectivity index (χ3n) is 1.27. The minimum absolute atomic E-state index is 0.00551. The van der Waals surface area contributed by atoms with Crippen LogP contribution >= 0.6 is 0 Å². The zero-order valence-electron chi connectivity index (χ0n) is 5.73. The van der Waals surface area contributed by atoms with Crippen LogP contribution in [-0.2, 0) is 0 Å². The van der Waals surface area contributed by atoms with Gasteiger partial charge in [0.1, 0.15) is 0 Å². The Labute approximate surface area is 63.3 Å². The second-order valence-electron chi connectivity index (χ2n) is 2.11. The molecule has 1 aliphatic carbocycles. The summed E-state index contributed by atoms with van der Waals surface area (Å²) in [5, 5.41) is 19.1. The van der Waals surface area contributed by atoms with Crippen molar-refractivity contribution in [1.29, 1.82) is 0 Å². The van der Waals surface area contributed by atoms with E-state index in [4.69, 9.17) is 5.11 Å². The number of aliphatic hydroxyl groups excluding tert-OH is 1. The van der Waals surface area contributed by atoms with Crippen LogP contribution in [0, 0.1) is 10.1 Å². The summed E-state index contributed by atoms with van der Waals surface area (Å²) in [5.74, 6) is 0.137. The Balaban J connectivity index is 2.89. The van der Waals surface area contributed by atoms with Crippen LogP contribution in [0.2, 0.25) is 0 Å². The quantitative estimate of drug-likeness (QED) is 0.459. The van der Waals surface area contributed by atoms with Crippen molar-refractivity contribution < 1.29 is 10.0 Å². The van der Waals surface area contributed by atoms with Crippen LogP contribution < -0.4 is 0 Å². The van der Waals surface area contributed by atoms with Crippen molar-refractivity contribution in [3.05, 3.63) is 45.9 Å². The van der Waals surface area contributed by atoms with Gasteiger partial charge in [-0.3, -0.25) is 10.1 Å². The first-order valence-corrected chi connectivity index (χ1v) is 3.11. The van der Waals surface area contributed by atoms with Gasteiger partial charge in [0.15, 0.2) is 0 Å². The maximum absolute atomic E-state index is 10.2. The molecule has 0 aromatic heterocycles. The number of allylic oxidation sites excluding steroid dienone is 4. The summed E-state index contributed by atoms with van der Waals surface area (Å²) in [6.45, 7) is 0. The van der Waals surface area contributed by atoms with Crippen molar-refractivity contribution in [3.63, 3.8) is 0 Å². The summed E-state index contributed by atoms with van der Waals surface area (Å²) in [6, 6.07) is 0. The second kappa shape index (κ2) is 3.01. The number of nitrogens with zero attached hydrogens (tertiary/aromatic N) is 1. The fourth-order valence-corrected chi connectivity index (χ4v) is 0.727. The SMILES string of the molecule is O=[N+]([O-])C1=CC=C(O)CC=C1. The van der Waals surface area contributed by atoms with E-state index in [1.807, 2.05) is 0 Å². The highest BCUT2D eigenvalue weighted by atomic mass is 16.6. The normalized spacial score (nSPS) is 16.7. The second-order valence-corrected chi connectivity index (χ2v) is 2.11. The van der Waals surface area contributed by atoms with E-state index >= 15 is 0 Å². The smallest absolute Gasteiger partial charge is 0.269 e. The maximum atomic E-state index is 10.2. The topological polar surface area (TPSA) is 63.4 Å². The molecule has 0 aromatic carbocycles. The molecule has 0 fully saturated rings.